The molecule has 1 aromatic heterocycles. The van der Waals surface area contributed by atoms with Gasteiger partial charge in [-0.25, -0.2) is 0 Å². The van der Waals surface area contributed by atoms with Crippen LogP contribution >= 0.6 is 0 Å². The van der Waals surface area contributed by atoms with Crippen LogP contribution in [0.3, 0.4) is 0 Å². The number of hydrogen-bond acceptors (Lipinski definition) is 5. The van der Waals surface area contributed by atoms with Gasteiger partial charge in [-0.2, -0.15) is 5.10 Å². The molecule has 0 fully saturated rings. The van der Waals surface area contributed by atoms with Gasteiger partial charge in [0.1, 0.15) is 17.1 Å². The maximum Gasteiger partial charge on any atom is 0.260 e. The third-order valence-electron chi connectivity index (χ3n) is 4.85. The Hall–Kier alpha value is -3.48. The van der Waals surface area contributed by atoms with E-state index in [9.17, 15) is 15.0 Å². The van der Waals surface area contributed by atoms with E-state index in [1.165, 1.54) is 12.1 Å². The molecular formula is C21H22N4O3. The second-order valence-electron chi connectivity index (χ2n) is 7.25. The van der Waals surface area contributed by atoms with E-state index in [0.29, 0.717) is 24.5 Å². The number of fused-ring (bicyclic) bond motifs is 1. The molecule has 3 aromatic rings. The van der Waals surface area contributed by atoms with Crippen molar-refractivity contribution in [2.75, 3.05) is 5.32 Å². The van der Waals surface area contributed by atoms with Crippen LogP contribution in [0.2, 0.25) is 0 Å². The summed E-state index contributed by atoms with van der Waals surface area (Å²) < 4.78 is 1.78. The first-order valence-corrected chi connectivity index (χ1v) is 9.15. The molecule has 7 heteroatoms. The molecule has 0 atom stereocenters. The molecule has 0 unspecified atom stereocenters. The molecule has 28 heavy (non-hydrogen) atoms. The van der Waals surface area contributed by atoms with Gasteiger partial charge in [-0.1, -0.05) is 24.3 Å². The third kappa shape index (κ3) is 3.26. The van der Waals surface area contributed by atoms with Crippen LogP contribution in [0.5, 0.6) is 11.5 Å². The van der Waals surface area contributed by atoms with Crippen molar-refractivity contribution in [1.82, 2.24) is 14.7 Å². The number of nitrogens with one attached hydrogen (secondary N) is 1. The molecule has 0 bridgehead atoms. The molecule has 0 radical (unpaired) electrons. The van der Waals surface area contributed by atoms with Crippen molar-refractivity contribution in [2.24, 2.45) is 0 Å². The summed E-state index contributed by atoms with van der Waals surface area (Å²) in [6.07, 6.45) is 3.45. The first-order chi connectivity index (χ1) is 13.4. The number of phenols is 2. The highest BCUT2D eigenvalue weighted by atomic mass is 16.3. The Bertz CT molecular complexity index is 1020. The number of rotatable bonds is 4. The van der Waals surface area contributed by atoms with Crippen LogP contribution in [0.25, 0.3) is 0 Å². The van der Waals surface area contributed by atoms with Gasteiger partial charge in [0, 0.05) is 37.5 Å². The van der Waals surface area contributed by atoms with Gasteiger partial charge in [0.25, 0.3) is 5.91 Å². The van der Waals surface area contributed by atoms with Crippen LogP contribution in [0.4, 0.5) is 11.4 Å². The fourth-order valence-electron chi connectivity index (χ4n) is 3.41. The molecule has 3 N–H and O–H groups in total. The lowest BCUT2D eigenvalue weighted by Gasteiger charge is -2.19. The smallest absolute Gasteiger partial charge is 0.260 e. The Morgan fingerprint density at radius 2 is 1.82 bits per heavy atom. The zero-order valence-corrected chi connectivity index (χ0v) is 15.8. The molecule has 1 aliphatic heterocycles. The zero-order valence-electron chi connectivity index (χ0n) is 15.8. The first-order valence-electron chi connectivity index (χ1n) is 9.15. The average molecular weight is 378 g/mol. The number of carbonyl (C=O) groups excluding carboxylic acids is 1. The molecule has 1 amide bonds. The summed E-state index contributed by atoms with van der Waals surface area (Å²) >= 11 is 0. The summed E-state index contributed by atoms with van der Waals surface area (Å²) in [5, 5.41) is 27.7. The van der Waals surface area contributed by atoms with E-state index in [1.54, 1.807) is 15.8 Å². The fourth-order valence-corrected chi connectivity index (χ4v) is 3.41. The van der Waals surface area contributed by atoms with E-state index in [1.807, 2.05) is 44.3 Å². The van der Waals surface area contributed by atoms with Crippen LogP contribution < -0.4 is 5.32 Å². The minimum Gasteiger partial charge on any atom is -0.508 e. The summed E-state index contributed by atoms with van der Waals surface area (Å²) in [7, 11) is 0. The molecule has 0 spiro atoms. The van der Waals surface area contributed by atoms with Crippen molar-refractivity contribution in [3.05, 3.63) is 65.5 Å². The molecule has 0 aliphatic carbocycles. The maximum atomic E-state index is 13.2. The highest BCUT2D eigenvalue weighted by Gasteiger charge is 2.28. The number of aromatic nitrogens is 2. The lowest BCUT2D eigenvalue weighted by Crippen LogP contribution is -2.26. The standard InChI is InChI=1S/C21H22N4O3/c1-13(2)25-12-16(9-22-25)23-18-7-17(26)8-19(27)20(18)21(28)24-10-14-5-3-4-6-15(14)11-24/h3-9,12-13,23,26-27H,10-11H2,1-2H3. The van der Waals surface area contributed by atoms with Gasteiger partial charge in [0.05, 0.1) is 17.6 Å². The van der Waals surface area contributed by atoms with Crippen LogP contribution in [0, 0.1) is 0 Å². The van der Waals surface area contributed by atoms with Gasteiger partial charge in [-0.15, -0.1) is 0 Å². The first kappa shape index (κ1) is 17.9. The normalized spacial score (nSPS) is 13.0. The molecule has 2 aromatic carbocycles. The molecular weight excluding hydrogens is 356 g/mol. The average Bonchev–Trinajstić information content (AvgIpc) is 3.27. The molecule has 0 saturated heterocycles. The van der Waals surface area contributed by atoms with Crippen molar-refractivity contribution in [1.29, 1.82) is 0 Å². The van der Waals surface area contributed by atoms with Crippen LogP contribution in [0.15, 0.2) is 48.8 Å². The number of carbonyl (C=O) groups is 1. The van der Waals surface area contributed by atoms with Crippen molar-refractivity contribution < 1.29 is 15.0 Å². The number of phenolic OH excluding ortho intramolecular Hbond substituents is 2. The van der Waals surface area contributed by atoms with Gasteiger partial charge >= 0.3 is 0 Å². The minimum absolute atomic E-state index is 0.127. The van der Waals surface area contributed by atoms with Crippen molar-refractivity contribution >= 4 is 17.3 Å². The summed E-state index contributed by atoms with van der Waals surface area (Å²) in [5.41, 5.74) is 3.32. The van der Waals surface area contributed by atoms with Gasteiger partial charge < -0.3 is 20.4 Å². The van der Waals surface area contributed by atoms with Gasteiger partial charge in [-0.3, -0.25) is 9.48 Å². The SMILES string of the molecule is CC(C)n1cc(Nc2cc(O)cc(O)c2C(=O)N2Cc3ccccc3C2)cn1. The minimum atomic E-state index is -0.299. The van der Waals surface area contributed by atoms with Crippen LogP contribution in [-0.4, -0.2) is 30.8 Å². The lowest BCUT2D eigenvalue weighted by atomic mass is 10.1. The number of aromatic hydroxyl groups is 2. The number of hydrogen-bond donors (Lipinski definition) is 3. The highest BCUT2D eigenvalue weighted by molar-refractivity contribution is 6.03. The van der Waals surface area contributed by atoms with Gasteiger partial charge in [-0.05, 0) is 25.0 Å². The largest absolute Gasteiger partial charge is 0.508 e. The van der Waals surface area contributed by atoms with Crippen molar-refractivity contribution in [3.8, 4) is 11.5 Å². The van der Waals surface area contributed by atoms with Crippen LogP contribution in [-0.2, 0) is 13.1 Å². The predicted octanol–water partition coefficient (Wildman–Crippen LogP) is 3.77. The number of anilines is 2. The topological polar surface area (TPSA) is 90.6 Å². The second-order valence-corrected chi connectivity index (χ2v) is 7.25. The Balaban J connectivity index is 1.66. The van der Waals surface area contributed by atoms with E-state index in [-0.39, 0.29) is 29.0 Å². The number of benzene rings is 2. The van der Waals surface area contributed by atoms with E-state index in [4.69, 9.17) is 0 Å². The molecule has 1 aliphatic rings. The highest BCUT2D eigenvalue weighted by Crippen LogP contribution is 2.36. The molecule has 144 valence electrons. The van der Waals surface area contributed by atoms with E-state index in [0.717, 1.165) is 11.1 Å². The Labute approximate surface area is 162 Å². The zero-order chi connectivity index (χ0) is 19.8. The quantitative estimate of drug-likeness (QED) is 0.643. The Kier molecular flexibility index (Phi) is 4.43. The van der Waals surface area contributed by atoms with Crippen molar-refractivity contribution in [3.63, 3.8) is 0 Å². The van der Waals surface area contributed by atoms with E-state index >= 15 is 0 Å². The molecule has 4 rings (SSSR count). The third-order valence-corrected chi connectivity index (χ3v) is 4.85. The fraction of sp³-hybridized carbons (Fsp3) is 0.238. The number of amides is 1. The lowest BCUT2D eigenvalue weighted by molar-refractivity contribution is 0.0749. The monoisotopic (exact) mass is 378 g/mol. The maximum absolute atomic E-state index is 13.2. The van der Waals surface area contributed by atoms with Gasteiger partial charge in [0.15, 0.2) is 0 Å². The summed E-state index contributed by atoms with van der Waals surface area (Å²) in [6.45, 7) is 4.99. The summed E-state index contributed by atoms with van der Waals surface area (Å²) in [6, 6.07) is 10.7. The second kappa shape index (κ2) is 6.92. The van der Waals surface area contributed by atoms with E-state index in [2.05, 4.69) is 10.4 Å². The van der Waals surface area contributed by atoms with E-state index < -0.39 is 0 Å². The van der Waals surface area contributed by atoms with Crippen LogP contribution in [0.1, 0.15) is 41.4 Å². The van der Waals surface area contributed by atoms with Gasteiger partial charge in [0.2, 0.25) is 0 Å². The molecule has 0 saturated carbocycles. The number of nitrogens with zero attached hydrogens (tertiary/aromatic N) is 3. The molecule has 2 heterocycles. The van der Waals surface area contributed by atoms with Crippen molar-refractivity contribution in [2.45, 2.75) is 33.0 Å². The predicted molar refractivity (Wildman–Crippen MR) is 106 cm³/mol. The summed E-state index contributed by atoms with van der Waals surface area (Å²) in [4.78, 5) is 14.9. The Morgan fingerprint density at radius 3 is 2.43 bits per heavy atom. The molecule has 7 nitrogen and oxygen atoms in total. The summed E-state index contributed by atoms with van der Waals surface area (Å²) in [5.74, 6) is -0.690. The Morgan fingerprint density at radius 1 is 1.14 bits per heavy atom.